The van der Waals surface area contributed by atoms with Crippen LogP contribution in [-0.2, 0) is 13.7 Å². The molecular weight excluding hydrogens is 274 g/mol. The second kappa shape index (κ2) is 5.44. The standard InChI is InChI=1S/C11H12BF3N3O2/c1-18-6-8(16-17-18)7-20-11-4-3-9(19-2)5-10(11)12(13,14)15/h3-6H,7H2,1-2H3/q-1. The molecule has 0 aliphatic carbocycles. The highest BCUT2D eigenvalue weighted by Gasteiger charge is 2.30. The van der Waals surface area contributed by atoms with Gasteiger partial charge in [-0.25, -0.2) is 0 Å². The van der Waals surface area contributed by atoms with Crippen LogP contribution in [0.15, 0.2) is 24.4 Å². The third-order valence-corrected chi connectivity index (χ3v) is 2.60. The summed E-state index contributed by atoms with van der Waals surface area (Å²) >= 11 is 0. The van der Waals surface area contributed by atoms with Gasteiger partial charge in [0.25, 0.3) is 0 Å². The van der Waals surface area contributed by atoms with Crippen LogP contribution in [0.5, 0.6) is 11.5 Å². The summed E-state index contributed by atoms with van der Waals surface area (Å²) in [6.45, 7) is -5.27. The molecule has 0 saturated heterocycles. The molecule has 1 aromatic heterocycles. The summed E-state index contributed by atoms with van der Waals surface area (Å²) in [7, 11) is 2.97. The van der Waals surface area contributed by atoms with Crippen molar-refractivity contribution >= 4 is 12.4 Å². The molecule has 2 aromatic rings. The fraction of sp³-hybridized carbons (Fsp3) is 0.273. The summed E-state index contributed by atoms with van der Waals surface area (Å²) in [5.74, 6) is -0.116. The van der Waals surface area contributed by atoms with E-state index in [4.69, 9.17) is 9.47 Å². The van der Waals surface area contributed by atoms with E-state index < -0.39 is 12.4 Å². The van der Waals surface area contributed by atoms with E-state index in [0.717, 1.165) is 6.07 Å². The molecule has 20 heavy (non-hydrogen) atoms. The van der Waals surface area contributed by atoms with E-state index in [1.807, 2.05) is 0 Å². The fourth-order valence-electron chi connectivity index (χ4n) is 1.65. The summed E-state index contributed by atoms with van der Waals surface area (Å²) in [4.78, 5) is 0. The first-order valence-corrected chi connectivity index (χ1v) is 5.76. The highest BCUT2D eigenvalue weighted by atomic mass is 19.4. The van der Waals surface area contributed by atoms with Gasteiger partial charge < -0.3 is 22.4 Å². The summed E-state index contributed by atoms with van der Waals surface area (Å²) in [5, 5.41) is 7.42. The van der Waals surface area contributed by atoms with Crippen molar-refractivity contribution in [3.63, 3.8) is 0 Å². The van der Waals surface area contributed by atoms with Crippen molar-refractivity contribution in [3.05, 3.63) is 30.1 Å². The summed E-state index contributed by atoms with van der Waals surface area (Å²) in [6.07, 6.45) is 1.57. The Bertz CT molecular complexity index is 601. The molecule has 0 bridgehead atoms. The summed E-state index contributed by atoms with van der Waals surface area (Å²) < 4.78 is 50.4. The molecular formula is C11H12BF3N3O2-. The van der Waals surface area contributed by atoms with E-state index in [1.165, 1.54) is 23.9 Å². The number of benzene rings is 1. The number of aryl methyl sites for hydroxylation is 1. The third kappa shape index (κ3) is 3.22. The number of rotatable bonds is 5. The maximum Gasteiger partial charge on any atom is 0.513 e. The van der Waals surface area contributed by atoms with Crippen LogP contribution < -0.4 is 14.9 Å². The van der Waals surface area contributed by atoms with Crippen LogP contribution in [0, 0.1) is 0 Å². The van der Waals surface area contributed by atoms with Gasteiger partial charge in [0.1, 0.15) is 18.1 Å². The van der Waals surface area contributed by atoms with E-state index in [0.29, 0.717) is 5.69 Å². The molecule has 0 atom stereocenters. The zero-order valence-corrected chi connectivity index (χ0v) is 10.9. The van der Waals surface area contributed by atoms with Gasteiger partial charge in [0.15, 0.2) is 0 Å². The van der Waals surface area contributed by atoms with Gasteiger partial charge in [-0.1, -0.05) is 10.7 Å². The normalized spacial score (nSPS) is 11.4. The van der Waals surface area contributed by atoms with Gasteiger partial charge >= 0.3 is 6.98 Å². The van der Waals surface area contributed by atoms with Crippen molar-refractivity contribution < 1.29 is 22.4 Å². The molecule has 0 spiro atoms. The topological polar surface area (TPSA) is 49.2 Å². The van der Waals surface area contributed by atoms with Gasteiger partial charge in [0.05, 0.1) is 19.1 Å². The molecule has 0 unspecified atom stereocenters. The van der Waals surface area contributed by atoms with E-state index >= 15 is 0 Å². The van der Waals surface area contributed by atoms with E-state index in [2.05, 4.69) is 10.3 Å². The first-order valence-electron chi connectivity index (χ1n) is 5.76. The van der Waals surface area contributed by atoms with Gasteiger partial charge in [-0.05, 0) is 18.2 Å². The van der Waals surface area contributed by atoms with Crippen molar-refractivity contribution in [2.75, 3.05) is 7.11 Å². The average Bonchev–Trinajstić information content (AvgIpc) is 2.81. The lowest BCUT2D eigenvalue weighted by Gasteiger charge is -2.20. The van der Waals surface area contributed by atoms with Crippen LogP contribution in [0.25, 0.3) is 0 Å². The van der Waals surface area contributed by atoms with Gasteiger partial charge in [-0.3, -0.25) is 4.68 Å². The Kier molecular flexibility index (Phi) is 3.87. The Morgan fingerprint density at radius 2 is 2.05 bits per heavy atom. The molecule has 2 rings (SSSR count). The average molecular weight is 286 g/mol. The van der Waals surface area contributed by atoms with Crippen LogP contribution in [0.1, 0.15) is 5.69 Å². The smallest absolute Gasteiger partial charge is 0.497 e. The number of methoxy groups -OCH3 is 1. The SMILES string of the molecule is COc1ccc(OCc2cn(C)nn2)c([B-](F)(F)F)c1. The lowest BCUT2D eigenvalue weighted by atomic mass is 9.79. The predicted octanol–water partition coefficient (Wildman–Crippen LogP) is 1.46. The van der Waals surface area contributed by atoms with Crippen LogP contribution in [0.2, 0.25) is 0 Å². The second-order valence-corrected chi connectivity index (χ2v) is 4.15. The quantitative estimate of drug-likeness (QED) is 0.781. The first-order chi connectivity index (χ1) is 9.40. The minimum Gasteiger partial charge on any atom is -0.497 e. The lowest BCUT2D eigenvalue weighted by Crippen LogP contribution is -2.35. The van der Waals surface area contributed by atoms with Gasteiger partial charge in [0, 0.05) is 7.05 Å². The highest BCUT2D eigenvalue weighted by Crippen LogP contribution is 2.22. The Balaban J connectivity index is 2.22. The van der Waals surface area contributed by atoms with Crippen LogP contribution in [0.4, 0.5) is 12.9 Å². The molecule has 1 aromatic carbocycles. The molecule has 1 heterocycles. The van der Waals surface area contributed by atoms with Crippen molar-refractivity contribution in [3.8, 4) is 11.5 Å². The predicted molar refractivity (Wildman–Crippen MR) is 67.0 cm³/mol. The van der Waals surface area contributed by atoms with E-state index in [9.17, 15) is 12.9 Å². The zero-order valence-electron chi connectivity index (χ0n) is 10.9. The van der Waals surface area contributed by atoms with Crippen molar-refractivity contribution in [1.29, 1.82) is 0 Å². The van der Waals surface area contributed by atoms with Crippen LogP contribution in [0.3, 0.4) is 0 Å². The van der Waals surface area contributed by atoms with Crippen LogP contribution in [-0.4, -0.2) is 29.1 Å². The molecule has 0 amide bonds. The first kappa shape index (κ1) is 14.2. The zero-order chi connectivity index (χ0) is 14.8. The lowest BCUT2D eigenvalue weighted by molar-refractivity contribution is 0.301. The maximum absolute atomic E-state index is 13.0. The van der Waals surface area contributed by atoms with Crippen molar-refractivity contribution in [2.24, 2.45) is 7.05 Å². The van der Waals surface area contributed by atoms with E-state index in [-0.39, 0.29) is 18.1 Å². The van der Waals surface area contributed by atoms with E-state index in [1.54, 1.807) is 13.2 Å². The molecule has 0 N–H and O–H groups in total. The third-order valence-electron chi connectivity index (χ3n) is 2.60. The van der Waals surface area contributed by atoms with Crippen molar-refractivity contribution in [1.82, 2.24) is 15.0 Å². The largest absolute Gasteiger partial charge is 0.513 e. The monoisotopic (exact) mass is 286 g/mol. The van der Waals surface area contributed by atoms with Gasteiger partial charge in [-0.2, -0.15) is 0 Å². The summed E-state index contributed by atoms with van der Waals surface area (Å²) in [5.41, 5.74) is -0.378. The van der Waals surface area contributed by atoms with Crippen LogP contribution >= 0.6 is 0 Å². The Morgan fingerprint density at radius 1 is 1.30 bits per heavy atom. The Morgan fingerprint density at radius 3 is 2.60 bits per heavy atom. The molecule has 0 radical (unpaired) electrons. The molecule has 0 aliphatic heterocycles. The van der Waals surface area contributed by atoms with Gasteiger partial charge in [0.2, 0.25) is 0 Å². The number of hydrogen-bond acceptors (Lipinski definition) is 4. The molecule has 0 saturated carbocycles. The fourth-order valence-corrected chi connectivity index (χ4v) is 1.65. The molecule has 9 heteroatoms. The Hall–Kier alpha value is -2.19. The minimum absolute atomic E-state index is 0.0840. The highest BCUT2D eigenvalue weighted by molar-refractivity contribution is 6.74. The second-order valence-electron chi connectivity index (χ2n) is 4.15. The van der Waals surface area contributed by atoms with Gasteiger partial charge in [-0.15, -0.1) is 5.10 Å². The molecule has 108 valence electrons. The number of halogens is 3. The maximum atomic E-state index is 13.0. The molecule has 0 fully saturated rings. The Labute approximate surface area is 113 Å². The summed E-state index contributed by atoms with van der Waals surface area (Å²) in [6, 6.07) is 3.57. The number of hydrogen-bond donors (Lipinski definition) is 0. The number of ether oxygens (including phenoxy) is 2. The van der Waals surface area contributed by atoms with Crippen molar-refractivity contribution in [2.45, 2.75) is 6.61 Å². The molecule has 0 aliphatic rings. The number of nitrogens with zero attached hydrogens (tertiary/aromatic N) is 3. The molecule has 5 nitrogen and oxygen atoms in total. The number of aromatic nitrogens is 3. The minimum atomic E-state index is -5.19.